The van der Waals surface area contributed by atoms with Crippen molar-refractivity contribution in [1.29, 1.82) is 0 Å². The van der Waals surface area contributed by atoms with Crippen LogP contribution in [0.5, 0.6) is 11.5 Å². The van der Waals surface area contributed by atoms with Crippen molar-refractivity contribution in [3.8, 4) is 11.5 Å². The van der Waals surface area contributed by atoms with Crippen molar-refractivity contribution in [2.75, 3.05) is 19.1 Å². The standard InChI is InChI=1S/C24H21N3O3S2/c1-29-20-11-10-16(13-17(20)15-32-22-9-5-6-12-25-22)14-18-23(28)27(24(31)26-18)19-7-3-4-8-21(19)30-2/h3-14H,15H2,1-2H3,(H,26,31)/b18-14+. The molecule has 162 valence electrons. The molecule has 4 rings (SSSR count). The summed E-state index contributed by atoms with van der Waals surface area (Å²) in [4.78, 5) is 18.9. The summed E-state index contributed by atoms with van der Waals surface area (Å²) in [7, 11) is 3.21. The van der Waals surface area contributed by atoms with Gasteiger partial charge in [0.15, 0.2) is 5.11 Å². The van der Waals surface area contributed by atoms with E-state index in [1.165, 1.54) is 4.90 Å². The van der Waals surface area contributed by atoms with E-state index in [1.54, 1.807) is 50.4 Å². The fourth-order valence-corrected chi connectivity index (χ4v) is 4.45. The van der Waals surface area contributed by atoms with E-state index in [9.17, 15) is 4.79 Å². The van der Waals surface area contributed by atoms with E-state index in [1.807, 2.05) is 48.5 Å². The first kappa shape index (κ1) is 21.9. The number of para-hydroxylation sites is 2. The summed E-state index contributed by atoms with van der Waals surface area (Å²) >= 11 is 7.05. The second kappa shape index (κ2) is 9.84. The topological polar surface area (TPSA) is 63.7 Å². The molecule has 0 atom stereocenters. The minimum Gasteiger partial charge on any atom is -0.496 e. The molecule has 2 aromatic carbocycles. The highest BCUT2D eigenvalue weighted by atomic mass is 32.2. The lowest BCUT2D eigenvalue weighted by Crippen LogP contribution is -2.30. The number of thiocarbonyl (C=S) groups is 1. The quantitative estimate of drug-likeness (QED) is 0.311. The van der Waals surface area contributed by atoms with Gasteiger partial charge in [0.1, 0.15) is 17.2 Å². The lowest BCUT2D eigenvalue weighted by molar-refractivity contribution is -0.113. The zero-order valence-corrected chi connectivity index (χ0v) is 19.2. The van der Waals surface area contributed by atoms with Crippen molar-refractivity contribution >= 4 is 46.8 Å². The number of anilines is 1. The van der Waals surface area contributed by atoms with Crippen molar-refractivity contribution in [3.05, 3.63) is 83.7 Å². The zero-order chi connectivity index (χ0) is 22.5. The second-order valence-electron chi connectivity index (χ2n) is 6.83. The molecule has 1 aliphatic heterocycles. The van der Waals surface area contributed by atoms with Crippen LogP contribution in [0.1, 0.15) is 11.1 Å². The summed E-state index contributed by atoms with van der Waals surface area (Å²) in [6.07, 6.45) is 3.56. The van der Waals surface area contributed by atoms with Gasteiger partial charge in [-0.2, -0.15) is 0 Å². The molecule has 1 amide bonds. The summed E-state index contributed by atoms with van der Waals surface area (Å²) < 4.78 is 10.9. The molecule has 1 fully saturated rings. The largest absolute Gasteiger partial charge is 0.496 e. The van der Waals surface area contributed by atoms with Gasteiger partial charge in [0.25, 0.3) is 5.91 Å². The Morgan fingerprint density at radius 3 is 2.59 bits per heavy atom. The Balaban J connectivity index is 1.59. The van der Waals surface area contributed by atoms with Gasteiger partial charge in [-0.1, -0.05) is 24.3 Å². The molecule has 6 nitrogen and oxygen atoms in total. The van der Waals surface area contributed by atoms with Crippen LogP contribution in [0.15, 0.2) is 77.6 Å². The van der Waals surface area contributed by atoms with Gasteiger partial charge in [-0.15, -0.1) is 11.8 Å². The average Bonchev–Trinajstić information content (AvgIpc) is 3.10. The minimum atomic E-state index is -0.236. The number of amides is 1. The molecule has 8 heteroatoms. The highest BCUT2D eigenvalue weighted by Crippen LogP contribution is 2.32. The van der Waals surface area contributed by atoms with E-state index >= 15 is 0 Å². The predicted molar refractivity (Wildman–Crippen MR) is 131 cm³/mol. The van der Waals surface area contributed by atoms with Gasteiger partial charge in [-0.05, 0) is 60.3 Å². The summed E-state index contributed by atoms with van der Waals surface area (Å²) in [5.41, 5.74) is 2.87. The molecule has 0 aliphatic carbocycles. The van der Waals surface area contributed by atoms with Crippen LogP contribution in [0.3, 0.4) is 0 Å². The maximum atomic E-state index is 13.1. The number of methoxy groups -OCH3 is 2. The minimum absolute atomic E-state index is 0.236. The van der Waals surface area contributed by atoms with Gasteiger partial charge < -0.3 is 14.8 Å². The average molecular weight is 464 g/mol. The zero-order valence-electron chi connectivity index (χ0n) is 17.6. The van der Waals surface area contributed by atoms with Crippen LogP contribution in [-0.2, 0) is 10.5 Å². The molecule has 0 bridgehead atoms. The number of benzene rings is 2. The monoisotopic (exact) mass is 463 g/mol. The van der Waals surface area contributed by atoms with E-state index in [2.05, 4.69) is 10.3 Å². The Kier molecular flexibility index (Phi) is 6.72. The van der Waals surface area contributed by atoms with Gasteiger partial charge in [-0.3, -0.25) is 4.79 Å². The first-order valence-corrected chi connectivity index (χ1v) is 11.2. The Bertz CT molecular complexity index is 1180. The maximum absolute atomic E-state index is 13.1. The number of nitrogens with zero attached hydrogens (tertiary/aromatic N) is 2. The van der Waals surface area contributed by atoms with E-state index in [0.29, 0.717) is 28.0 Å². The first-order valence-electron chi connectivity index (χ1n) is 9.81. The number of carbonyl (C=O) groups is 1. The summed E-state index contributed by atoms with van der Waals surface area (Å²) in [5, 5.41) is 4.27. The van der Waals surface area contributed by atoms with Crippen LogP contribution in [0, 0.1) is 0 Å². The van der Waals surface area contributed by atoms with Crippen molar-refractivity contribution in [3.63, 3.8) is 0 Å². The van der Waals surface area contributed by atoms with E-state index in [-0.39, 0.29) is 5.91 Å². The molecule has 1 saturated heterocycles. The Morgan fingerprint density at radius 2 is 1.84 bits per heavy atom. The van der Waals surface area contributed by atoms with Crippen LogP contribution in [-0.4, -0.2) is 30.2 Å². The maximum Gasteiger partial charge on any atom is 0.281 e. The Morgan fingerprint density at radius 1 is 1.06 bits per heavy atom. The van der Waals surface area contributed by atoms with Gasteiger partial charge in [0, 0.05) is 17.5 Å². The van der Waals surface area contributed by atoms with Crippen LogP contribution in [0.2, 0.25) is 0 Å². The van der Waals surface area contributed by atoms with Crippen LogP contribution in [0.25, 0.3) is 6.08 Å². The first-order chi connectivity index (χ1) is 15.6. The summed E-state index contributed by atoms with van der Waals surface area (Å²) in [5.74, 6) is 1.81. The molecule has 32 heavy (non-hydrogen) atoms. The second-order valence-corrected chi connectivity index (χ2v) is 8.21. The Labute approximate surface area is 196 Å². The Hall–Kier alpha value is -3.36. The van der Waals surface area contributed by atoms with Gasteiger partial charge in [-0.25, -0.2) is 9.88 Å². The molecule has 0 saturated carbocycles. The molecular formula is C24H21N3O3S2. The summed E-state index contributed by atoms with van der Waals surface area (Å²) in [6.45, 7) is 0. The van der Waals surface area contributed by atoms with E-state index < -0.39 is 0 Å². The van der Waals surface area contributed by atoms with E-state index in [4.69, 9.17) is 21.7 Å². The fraction of sp³-hybridized carbons (Fsp3) is 0.125. The number of pyridine rings is 1. The molecule has 2 heterocycles. The van der Waals surface area contributed by atoms with E-state index in [0.717, 1.165) is 21.9 Å². The molecule has 3 aromatic rings. The molecule has 1 aromatic heterocycles. The molecular weight excluding hydrogens is 442 g/mol. The summed E-state index contributed by atoms with van der Waals surface area (Å²) in [6, 6.07) is 18.9. The number of nitrogens with one attached hydrogen (secondary N) is 1. The SMILES string of the molecule is COc1ccc(/C=C2/NC(=S)N(c3ccccc3OC)C2=O)cc1CSc1ccccn1. The lowest BCUT2D eigenvalue weighted by atomic mass is 10.1. The number of ether oxygens (including phenoxy) is 2. The molecule has 1 aliphatic rings. The number of thioether (sulfide) groups is 1. The van der Waals surface area contributed by atoms with Gasteiger partial charge >= 0.3 is 0 Å². The third-order valence-corrected chi connectivity index (χ3v) is 6.11. The molecule has 0 unspecified atom stereocenters. The predicted octanol–water partition coefficient (Wildman–Crippen LogP) is 4.65. The van der Waals surface area contributed by atoms with Crippen LogP contribution < -0.4 is 19.7 Å². The third kappa shape index (κ3) is 4.61. The number of hydrogen-bond acceptors (Lipinski definition) is 6. The third-order valence-electron chi connectivity index (χ3n) is 4.83. The van der Waals surface area contributed by atoms with Crippen LogP contribution >= 0.6 is 24.0 Å². The lowest BCUT2D eigenvalue weighted by Gasteiger charge is -2.17. The normalized spacial score (nSPS) is 14.6. The van der Waals surface area contributed by atoms with Crippen molar-refractivity contribution in [1.82, 2.24) is 10.3 Å². The number of carbonyl (C=O) groups excluding carboxylic acids is 1. The van der Waals surface area contributed by atoms with Crippen LogP contribution in [0.4, 0.5) is 5.69 Å². The number of hydrogen-bond donors (Lipinski definition) is 1. The molecule has 0 radical (unpaired) electrons. The van der Waals surface area contributed by atoms with Crippen molar-refractivity contribution in [2.24, 2.45) is 0 Å². The fourth-order valence-electron chi connectivity index (χ4n) is 3.32. The highest BCUT2D eigenvalue weighted by Gasteiger charge is 2.33. The smallest absolute Gasteiger partial charge is 0.281 e. The molecule has 1 N–H and O–H groups in total. The number of aromatic nitrogens is 1. The van der Waals surface area contributed by atoms with Crippen molar-refractivity contribution in [2.45, 2.75) is 10.8 Å². The molecule has 0 spiro atoms. The van der Waals surface area contributed by atoms with Crippen molar-refractivity contribution < 1.29 is 14.3 Å². The van der Waals surface area contributed by atoms with Gasteiger partial charge in [0.05, 0.1) is 24.9 Å². The number of rotatable bonds is 7. The highest BCUT2D eigenvalue weighted by molar-refractivity contribution is 7.98. The van der Waals surface area contributed by atoms with Gasteiger partial charge in [0.2, 0.25) is 0 Å².